The molecule has 4 aliphatic carbocycles. The van der Waals surface area contributed by atoms with Crippen LogP contribution in [0.2, 0.25) is 0 Å². The molecular weight excluding hydrogens is 592 g/mol. The summed E-state index contributed by atoms with van der Waals surface area (Å²) in [4.78, 5) is 47.7. The predicted octanol–water partition coefficient (Wildman–Crippen LogP) is 4.80. The summed E-state index contributed by atoms with van der Waals surface area (Å²) in [7, 11) is -4.15. The number of hydrogen-bond acceptors (Lipinski definition) is 7. The van der Waals surface area contributed by atoms with Crippen molar-refractivity contribution in [1.82, 2.24) is 20.1 Å². The average Bonchev–Trinajstić information content (AvgIpc) is 3.33. The highest BCUT2D eigenvalue weighted by atomic mass is 32.2. The number of benzene rings is 2. The van der Waals surface area contributed by atoms with Crippen LogP contribution in [0.5, 0.6) is 5.75 Å². The second-order valence-electron chi connectivity index (χ2n) is 13.8. The van der Waals surface area contributed by atoms with E-state index in [0.717, 1.165) is 19.3 Å². The van der Waals surface area contributed by atoms with Crippen molar-refractivity contribution in [2.24, 2.45) is 23.2 Å². The van der Waals surface area contributed by atoms with Crippen LogP contribution in [-0.4, -0.2) is 60.2 Å². The van der Waals surface area contributed by atoms with Crippen LogP contribution in [-0.2, 0) is 19.7 Å². The molecule has 3 aromatic rings. The topological polar surface area (TPSA) is 126 Å². The molecule has 4 saturated carbocycles. The maximum atomic E-state index is 13.9. The normalized spacial score (nSPS) is 29.8. The first kappa shape index (κ1) is 28.5. The van der Waals surface area contributed by atoms with Gasteiger partial charge in [-0.1, -0.05) is 24.3 Å². The molecule has 234 valence electrons. The van der Waals surface area contributed by atoms with Crippen molar-refractivity contribution < 1.29 is 27.0 Å². The van der Waals surface area contributed by atoms with Crippen LogP contribution in [0.4, 0.5) is 4.79 Å². The Kier molecular flexibility index (Phi) is 6.67. The third-order valence-corrected chi connectivity index (χ3v) is 12.2. The number of rotatable bonds is 6. The minimum Gasteiger partial charge on any atom is -0.379 e. The Morgan fingerprint density at radius 3 is 2.24 bits per heavy atom. The van der Waals surface area contributed by atoms with Gasteiger partial charge >= 0.3 is 16.1 Å². The molecule has 3 heterocycles. The Morgan fingerprint density at radius 1 is 0.911 bits per heavy atom. The zero-order valence-electron chi connectivity index (χ0n) is 24.9. The van der Waals surface area contributed by atoms with Gasteiger partial charge in [0.05, 0.1) is 5.41 Å². The summed E-state index contributed by atoms with van der Waals surface area (Å²) in [6, 6.07) is 11.3. The van der Waals surface area contributed by atoms with E-state index in [1.165, 1.54) is 43.7 Å². The highest BCUT2D eigenvalue weighted by Crippen LogP contribution is 2.60. The Labute approximate surface area is 262 Å². The first-order valence-corrected chi connectivity index (χ1v) is 17.4. The first-order chi connectivity index (χ1) is 21.7. The molecule has 6 aliphatic rings. The van der Waals surface area contributed by atoms with Gasteiger partial charge in [-0.2, -0.15) is 8.42 Å². The van der Waals surface area contributed by atoms with E-state index < -0.39 is 28.1 Å². The van der Waals surface area contributed by atoms with Crippen LogP contribution in [0.15, 0.2) is 65.8 Å². The summed E-state index contributed by atoms with van der Waals surface area (Å²) in [5.41, 5.74) is 0.374. The van der Waals surface area contributed by atoms with Crippen LogP contribution in [0, 0.1) is 23.2 Å². The molecule has 11 heteroatoms. The molecular formula is C34H36N4O6S. The number of carbonyl (C=O) groups excluding carboxylic acids is 3. The summed E-state index contributed by atoms with van der Waals surface area (Å²) < 4.78 is 31.8. The molecule has 9 rings (SSSR count). The molecule has 1 aromatic heterocycles. The highest BCUT2D eigenvalue weighted by molar-refractivity contribution is 7.87. The van der Waals surface area contributed by atoms with Crippen LogP contribution in [0.3, 0.4) is 0 Å². The number of urea groups is 1. The molecule has 6 fully saturated rings. The van der Waals surface area contributed by atoms with E-state index in [0.29, 0.717) is 65.9 Å². The number of likely N-dealkylation sites (tertiary alicyclic amines) is 1. The molecule has 10 nitrogen and oxygen atoms in total. The minimum absolute atomic E-state index is 0.0337. The lowest BCUT2D eigenvalue weighted by Gasteiger charge is -2.57. The van der Waals surface area contributed by atoms with Gasteiger partial charge in [-0.05, 0) is 98.9 Å². The Hall–Kier alpha value is -3.99. The van der Waals surface area contributed by atoms with E-state index in [1.807, 2.05) is 4.90 Å². The lowest BCUT2D eigenvalue weighted by molar-refractivity contribution is -0.159. The summed E-state index contributed by atoms with van der Waals surface area (Å²) in [5, 5.41) is 3.65. The van der Waals surface area contributed by atoms with Crippen molar-refractivity contribution in [1.29, 1.82) is 0 Å². The fraction of sp³-hybridized carbons (Fsp3) is 0.471. The van der Waals surface area contributed by atoms with Crippen molar-refractivity contribution in [2.75, 3.05) is 13.1 Å². The van der Waals surface area contributed by atoms with Gasteiger partial charge in [0.15, 0.2) is 0 Å². The van der Waals surface area contributed by atoms with E-state index >= 15 is 0 Å². The number of aromatic nitrogens is 1. The predicted molar refractivity (Wildman–Crippen MR) is 164 cm³/mol. The third-order valence-electron chi connectivity index (χ3n) is 10.9. The number of pyridine rings is 1. The number of nitrogens with one attached hydrogen (secondary N) is 1. The number of carbonyl (C=O) groups is 3. The van der Waals surface area contributed by atoms with Crippen LogP contribution in [0.1, 0.15) is 63.0 Å². The van der Waals surface area contributed by atoms with Crippen molar-refractivity contribution in [3.8, 4) is 5.75 Å². The molecule has 2 aromatic carbocycles. The summed E-state index contributed by atoms with van der Waals surface area (Å²) in [5.74, 6) is 2.08. The summed E-state index contributed by atoms with van der Waals surface area (Å²) >= 11 is 0. The second-order valence-corrected chi connectivity index (χ2v) is 15.3. The number of piperidine rings is 1. The monoisotopic (exact) mass is 628 g/mol. The zero-order chi connectivity index (χ0) is 30.9. The molecule has 0 spiro atoms. The largest absolute Gasteiger partial charge is 0.379 e. The zero-order valence-corrected chi connectivity index (χ0v) is 25.7. The quantitative estimate of drug-likeness (QED) is 0.307. The smallest absolute Gasteiger partial charge is 0.339 e. The number of fused-ring (bicyclic) bond motifs is 1. The Morgan fingerprint density at radius 2 is 1.58 bits per heavy atom. The van der Waals surface area contributed by atoms with Gasteiger partial charge < -0.3 is 14.0 Å². The van der Waals surface area contributed by atoms with Gasteiger partial charge in [0.1, 0.15) is 16.7 Å². The van der Waals surface area contributed by atoms with E-state index in [2.05, 4.69) is 10.3 Å². The van der Waals surface area contributed by atoms with E-state index in [-0.39, 0.29) is 22.1 Å². The van der Waals surface area contributed by atoms with Gasteiger partial charge in [-0.3, -0.25) is 19.9 Å². The minimum atomic E-state index is -4.15. The van der Waals surface area contributed by atoms with Crippen molar-refractivity contribution in [2.45, 2.75) is 68.3 Å². The molecule has 1 unspecified atom stereocenters. The van der Waals surface area contributed by atoms with Crippen LogP contribution >= 0.6 is 0 Å². The SMILES string of the molecule is O=C1NC(=O)N(C2CCN(C(=O)C34CC5CC(CC(C5)C3)C4)CC2)C1c1ccc(OS(=O)(=O)c2cccc3cnccc23)cc1. The van der Waals surface area contributed by atoms with Crippen molar-refractivity contribution in [3.05, 3.63) is 66.5 Å². The Bertz CT molecular complexity index is 1760. The first-order valence-electron chi connectivity index (χ1n) is 16.0. The fourth-order valence-electron chi connectivity index (χ4n) is 9.41. The average molecular weight is 629 g/mol. The summed E-state index contributed by atoms with van der Waals surface area (Å²) in [6.45, 7) is 1.15. The fourth-order valence-corrected chi connectivity index (χ4v) is 10.6. The van der Waals surface area contributed by atoms with Gasteiger partial charge in [-0.25, -0.2) is 4.79 Å². The molecule has 4 bridgehead atoms. The van der Waals surface area contributed by atoms with Gasteiger partial charge in [0, 0.05) is 42.3 Å². The van der Waals surface area contributed by atoms with Crippen molar-refractivity contribution >= 4 is 38.7 Å². The lowest BCUT2D eigenvalue weighted by atomic mass is 9.49. The van der Waals surface area contributed by atoms with Crippen LogP contribution < -0.4 is 9.50 Å². The van der Waals surface area contributed by atoms with Crippen LogP contribution in [0.25, 0.3) is 10.8 Å². The van der Waals surface area contributed by atoms with Gasteiger partial charge in [0.25, 0.3) is 5.91 Å². The van der Waals surface area contributed by atoms with E-state index in [9.17, 15) is 22.8 Å². The standard InChI is InChI=1S/C34H36N4O6S/c39-31-30(24-4-6-27(7-5-24)44-45(42,43)29-3-1-2-25-20-35-11-8-28(25)29)38(33(41)36-31)26-9-12-37(13-10-26)32(40)34-17-21-14-22(18-34)16-23(15-21)19-34/h1-8,11,20-23,26,30H,9-10,12-19H2,(H,36,39,41). The van der Waals surface area contributed by atoms with Crippen molar-refractivity contribution in [3.63, 3.8) is 0 Å². The number of imide groups is 1. The number of hydrogen-bond donors (Lipinski definition) is 1. The maximum absolute atomic E-state index is 13.9. The van der Waals surface area contributed by atoms with Gasteiger partial charge in [-0.15, -0.1) is 0 Å². The van der Waals surface area contributed by atoms with Gasteiger partial charge in [0.2, 0.25) is 5.91 Å². The molecule has 2 aliphatic heterocycles. The molecule has 1 N–H and O–H groups in total. The maximum Gasteiger partial charge on any atom is 0.339 e. The molecule has 1 atom stereocenters. The number of nitrogens with zero attached hydrogens (tertiary/aromatic N) is 3. The van der Waals surface area contributed by atoms with E-state index in [4.69, 9.17) is 4.18 Å². The highest BCUT2D eigenvalue weighted by Gasteiger charge is 2.56. The molecule has 45 heavy (non-hydrogen) atoms. The van der Waals surface area contributed by atoms with E-state index in [1.54, 1.807) is 41.4 Å². The molecule has 0 radical (unpaired) electrons. The third kappa shape index (κ3) is 4.86. The molecule has 2 saturated heterocycles. The Balaban J connectivity index is 0.959. The lowest BCUT2D eigenvalue weighted by Crippen LogP contribution is -2.57. The second kappa shape index (κ2) is 10.5. The number of amides is 4. The molecule has 4 amide bonds. The summed E-state index contributed by atoms with van der Waals surface area (Å²) in [6.07, 6.45) is 11.3.